The number of fused-ring (bicyclic) bond motifs is 4. The van der Waals surface area contributed by atoms with E-state index in [1.165, 1.54) is 0 Å². The van der Waals surface area contributed by atoms with E-state index >= 15 is 0 Å². The number of piperidine rings is 1. The highest BCUT2D eigenvalue weighted by atomic mass is 16.5. The summed E-state index contributed by atoms with van der Waals surface area (Å²) in [6.07, 6.45) is 5.83. The van der Waals surface area contributed by atoms with Crippen LogP contribution in [-0.2, 0) is 9.53 Å². The standard InChI is InChI=1S/C22H31NO4/c1-18(25)11-20-10-15(24)19(2)13-4-3-5-21(19)16(23-6-7-27-17(13)23)14(20)8-12(18)9-22(20,21)26/h12-14,16-17,25-26H,3-11H2,1-2H3/t12-,13-,14+,16+,17+,18-,19-,20+,21-,22-/m0/s1. The lowest BCUT2D eigenvalue weighted by atomic mass is 9.34. The van der Waals surface area contributed by atoms with Crippen molar-refractivity contribution in [3.05, 3.63) is 0 Å². The van der Waals surface area contributed by atoms with Crippen molar-refractivity contribution in [3.8, 4) is 0 Å². The zero-order valence-electron chi connectivity index (χ0n) is 16.4. The fourth-order valence-electron chi connectivity index (χ4n) is 10.6. The first-order chi connectivity index (χ1) is 12.7. The van der Waals surface area contributed by atoms with Gasteiger partial charge < -0.3 is 14.9 Å². The quantitative estimate of drug-likeness (QED) is 0.676. The molecule has 2 heterocycles. The van der Waals surface area contributed by atoms with Gasteiger partial charge in [0.25, 0.3) is 0 Å². The molecule has 5 heteroatoms. The van der Waals surface area contributed by atoms with Gasteiger partial charge in [-0.2, -0.15) is 0 Å². The average Bonchev–Trinajstić information content (AvgIpc) is 3.05. The van der Waals surface area contributed by atoms with Gasteiger partial charge in [0.2, 0.25) is 0 Å². The summed E-state index contributed by atoms with van der Waals surface area (Å²) in [6, 6.07) is 0.240. The largest absolute Gasteiger partial charge is 0.390 e. The minimum Gasteiger partial charge on any atom is -0.390 e. The first kappa shape index (κ1) is 16.3. The second-order valence-corrected chi connectivity index (χ2v) is 11.5. The van der Waals surface area contributed by atoms with Crippen LogP contribution in [0.5, 0.6) is 0 Å². The van der Waals surface area contributed by atoms with E-state index in [1.54, 1.807) is 0 Å². The van der Waals surface area contributed by atoms with Gasteiger partial charge >= 0.3 is 0 Å². The summed E-state index contributed by atoms with van der Waals surface area (Å²) < 4.78 is 6.25. The molecule has 8 rings (SSSR count). The Kier molecular flexibility index (Phi) is 2.53. The van der Waals surface area contributed by atoms with Gasteiger partial charge in [-0.1, -0.05) is 13.3 Å². The number of rotatable bonds is 0. The van der Waals surface area contributed by atoms with Crippen LogP contribution < -0.4 is 0 Å². The second-order valence-electron chi connectivity index (χ2n) is 11.5. The highest BCUT2D eigenvalue weighted by Gasteiger charge is 2.91. The van der Waals surface area contributed by atoms with Gasteiger partial charge in [-0.05, 0) is 50.9 Å². The Labute approximate surface area is 160 Å². The summed E-state index contributed by atoms with van der Waals surface area (Å²) in [6.45, 7) is 5.83. The van der Waals surface area contributed by atoms with Crippen molar-refractivity contribution in [2.45, 2.75) is 82.3 Å². The molecule has 0 aromatic carbocycles. The molecule has 8 fully saturated rings. The molecule has 8 aliphatic rings. The fourth-order valence-corrected chi connectivity index (χ4v) is 10.6. The minimum atomic E-state index is -0.810. The van der Waals surface area contributed by atoms with Crippen LogP contribution in [0, 0.1) is 34.0 Å². The summed E-state index contributed by atoms with van der Waals surface area (Å²) in [5.74, 6) is 1.03. The van der Waals surface area contributed by atoms with E-state index in [2.05, 4.69) is 11.8 Å². The maximum Gasteiger partial charge on any atom is 0.140 e. The van der Waals surface area contributed by atoms with Crippen LogP contribution in [0.3, 0.4) is 0 Å². The molecule has 6 bridgehead atoms. The summed E-state index contributed by atoms with van der Waals surface area (Å²) in [5, 5.41) is 23.8. The lowest BCUT2D eigenvalue weighted by Crippen LogP contribution is -2.79. The molecule has 0 amide bonds. The van der Waals surface area contributed by atoms with Crippen LogP contribution in [0.15, 0.2) is 0 Å². The third-order valence-corrected chi connectivity index (χ3v) is 11.3. The van der Waals surface area contributed by atoms with Crippen LogP contribution in [0.4, 0.5) is 0 Å². The Bertz CT molecular complexity index is 782. The normalized spacial score (nSPS) is 68.3. The van der Waals surface area contributed by atoms with E-state index in [-0.39, 0.29) is 29.5 Å². The van der Waals surface area contributed by atoms with Gasteiger partial charge in [-0.3, -0.25) is 9.69 Å². The molecule has 0 aromatic heterocycles. The summed E-state index contributed by atoms with van der Waals surface area (Å²) in [7, 11) is 0. The van der Waals surface area contributed by atoms with Crippen LogP contribution in [0.25, 0.3) is 0 Å². The van der Waals surface area contributed by atoms with Crippen LogP contribution in [0.1, 0.15) is 58.8 Å². The van der Waals surface area contributed by atoms with Crippen LogP contribution in [0.2, 0.25) is 0 Å². The molecule has 148 valence electrons. The summed E-state index contributed by atoms with van der Waals surface area (Å²) in [5.41, 5.74) is -2.83. The first-order valence-electron chi connectivity index (χ1n) is 11.1. The minimum absolute atomic E-state index is 0.0505. The van der Waals surface area contributed by atoms with Gasteiger partial charge in [0.15, 0.2) is 0 Å². The number of ketones is 1. The predicted octanol–water partition coefficient (Wildman–Crippen LogP) is 1.70. The van der Waals surface area contributed by atoms with Crippen molar-refractivity contribution in [2.75, 3.05) is 13.2 Å². The second kappa shape index (κ2) is 4.19. The fraction of sp³-hybridized carbons (Fsp3) is 0.955. The van der Waals surface area contributed by atoms with E-state index in [1.807, 2.05) is 6.92 Å². The molecule has 5 nitrogen and oxygen atoms in total. The Balaban J connectivity index is 1.57. The van der Waals surface area contributed by atoms with Crippen LogP contribution >= 0.6 is 0 Å². The van der Waals surface area contributed by atoms with Gasteiger partial charge in [0.05, 0.1) is 17.8 Å². The lowest BCUT2D eigenvalue weighted by Gasteiger charge is -2.72. The Morgan fingerprint density at radius 2 is 2.04 bits per heavy atom. The number of carbonyl (C=O) groups excluding carboxylic acids is 1. The number of hydrogen-bond acceptors (Lipinski definition) is 5. The maximum absolute atomic E-state index is 13.9. The smallest absolute Gasteiger partial charge is 0.140 e. The molecule has 6 saturated carbocycles. The molecular formula is C22H31NO4. The monoisotopic (exact) mass is 373 g/mol. The average molecular weight is 373 g/mol. The molecule has 0 aromatic rings. The number of hydrogen-bond donors (Lipinski definition) is 2. The highest BCUT2D eigenvalue weighted by molar-refractivity contribution is 5.90. The molecule has 2 N–H and O–H groups in total. The molecular weight excluding hydrogens is 342 g/mol. The maximum atomic E-state index is 13.9. The van der Waals surface area contributed by atoms with Crippen molar-refractivity contribution in [3.63, 3.8) is 0 Å². The van der Waals surface area contributed by atoms with E-state index in [0.717, 1.165) is 38.8 Å². The molecule has 10 atom stereocenters. The van der Waals surface area contributed by atoms with Crippen molar-refractivity contribution < 1.29 is 19.7 Å². The van der Waals surface area contributed by atoms with Crippen molar-refractivity contribution >= 4 is 5.78 Å². The number of ether oxygens (including phenoxy) is 1. The predicted molar refractivity (Wildman–Crippen MR) is 96.6 cm³/mol. The van der Waals surface area contributed by atoms with Gasteiger partial charge in [0.1, 0.15) is 12.0 Å². The van der Waals surface area contributed by atoms with Gasteiger partial charge in [-0.15, -0.1) is 0 Å². The van der Waals surface area contributed by atoms with Crippen LogP contribution in [-0.4, -0.2) is 57.5 Å². The topological polar surface area (TPSA) is 70.0 Å². The van der Waals surface area contributed by atoms with Gasteiger partial charge in [0, 0.05) is 41.2 Å². The van der Waals surface area contributed by atoms with Crippen molar-refractivity contribution in [1.29, 1.82) is 0 Å². The van der Waals surface area contributed by atoms with E-state index in [0.29, 0.717) is 31.0 Å². The third-order valence-electron chi connectivity index (χ3n) is 11.3. The number of Topliss-reactive ketones (excluding diaryl/α,β-unsaturated/α-hetero) is 1. The summed E-state index contributed by atoms with van der Waals surface area (Å²) in [4.78, 5) is 16.5. The lowest BCUT2D eigenvalue weighted by molar-refractivity contribution is -0.310. The Morgan fingerprint density at radius 1 is 1.22 bits per heavy atom. The van der Waals surface area contributed by atoms with Crippen molar-refractivity contribution in [2.24, 2.45) is 34.0 Å². The third kappa shape index (κ3) is 1.27. The van der Waals surface area contributed by atoms with E-state index in [4.69, 9.17) is 4.74 Å². The zero-order valence-corrected chi connectivity index (χ0v) is 16.4. The Morgan fingerprint density at radius 3 is 2.85 bits per heavy atom. The molecule has 0 radical (unpaired) electrons. The SMILES string of the molecule is C[C@]1(O)C[C@]23CC(=O)[C@]4(C)[C@H]5CCC[C@]46[C@@H]([C@H]2C[C@H]1C[C@]36O)N1CCO[C@H]51. The summed E-state index contributed by atoms with van der Waals surface area (Å²) >= 11 is 0. The van der Waals surface area contributed by atoms with Gasteiger partial charge in [-0.25, -0.2) is 0 Å². The zero-order chi connectivity index (χ0) is 18.6. The highest BCUT2D eigenvalue weighted by Crippen LogP contribution is 2.86. The number of nitrogens with zero attached hydrogens (tertiary/aromatic N) is 1. The molecule has 2 saturated heterocycles. The first-order valence-corrected chi connectivity index (χ1v) is 11.1. The number of aliphatic hydroxyl groups is 2. The molecule has 6 aliphatic carbocycles. The van der Waals surface area contributed by atoms with Crippen molar-refractivity contribution in [1.82, 2.24) is 4.90 Å². The van der Waals surface area contributed by atoms with E-state index in [9.17, 15) is 15.0 Å². The molecule has 0 unspecified atom stereocenters. The molecule has 2 aliphatic heterocycles. The Hall–Kier alpha value is -0.490. The number of carbonyl (C=O) groups is 1. The molecule has 2 spiro atoms. The van der Waals surface area contributed by atoms with E-state index < -0.39 is 22.0 Å². The molecule has 27 heavy (non-hydrogen) atoms.